The third-order valence-electron chi connectivity index (χ3n) is 12.3. The Morgan fingerprint density at radius 1 is 0.518 bits per heavy atom. The molecule has 2 saturated carbocycles. The van der Waals surface area contributed by atoms with Crippen LogP contribution >= 0.6 is 15.8 Å². The molecule has 56 heavy (non-hydrogen) atoms. The third kappa shape index (κ3) is 6.62. The van der Waals surface area contributed by atoms with Crippen LogP contribution in [0.3, 0.4) is 0 Å². The molecule has 2 aliphatic heterocycles. The van der Waals surface area contributed by atoms with Crippen LogP contribution in [0, 0.1) is 37.5 Å². The Bertz CT molecular complexity index is 2380. The van der Waals surface area contributed by atoms with Crippen molar-refractivity contribution in [2.75, 3.05) is 13.2 Å². The summed E-state index contributed by atoms with van der Waals surface area (Å²) in [6, 6.07) is 56.1. The van der Waals surface area contributed by atoms with Crippen LogP contribution in [-0.4, -0.2) is 37.1 Å². The molecule has 6 aromatic carbocycles. The van der Waals surface area contributed by atoms with Crippen LogP contribution in [0.25, 0.3) is 0 Å². The molecule has 2 fully saturated rings. The molecular formula is C50H46N2O2P2. The highest BCUT2D eigenvalue weighted by Crippen LogP contribution is 2.49. The highest BCUT2D eigenvalue weighted by atomic mass is 31.1. The summed E-state index contributed by atoms with van der Waals surface area (Å²) in [6.07, 6.45) is 0.952. The molecule has 10 rings (SSSR count). The maximum atomic E-state index is 6.59. The van der Waals surface area contributed by atoms with Gasteiger partial charge in [0.25, 0.3) is 0 Å². The van der Waals surface area contributed by atoms with Crippen LogP contribution in [0.1, 0.15) is 34.7 Å². The molecule has 4 aliphatic rings. The van der Waals surface area contributed by atoms with Gasteiger partial charge < -0.3 is 9.47 Å². The SMILES string of the molecule is Cc1ccccc1P(c1ccccc1C)c1ccc(C[C@H]2C3COC(c4ccccc4P(c4ccccc4)c4ccccc4)=NC32)cc1C1=NC2C(CO1)[C@@H]2C. The van der Waals surface area contributed by atoms with Crippen molar-refractivity contribution in [1.29, 1.82) is 0 Å². The number of fused-ring (bicyclic) bond motifs is 2. The average Bonchev–Trinajstić information content (AvgIpc) is 4.13. The first-order valence-corrected chi connectivity index (χ1v) is 22.7. The molecule has 0 N–H and O–H groups in total. The topological polar surface area (TPSA) is 43.2 Å². The summed E-state index contributed by atoms with van der Waals surface area (Å²) in [5, 5.41) is 8.02. The van der Waals surface area contributed by atoms with E-state index in [2.05, 4.69) is 172 Å². The van der Waals surface area contributed by atoms with E-state index in [4.69, 9.17) is 19.5 Å². The Labute approximate surface area is 333 Å². The highest BCUT2D eigenvalue weighted by Gasteiger charge is 2.53. The van der Waals surface area contributed by atoms with Crippen molar-refractivity contribution >= 4 is 59.5 Å². The van der Waals surface area contributed by atoms with E-state index in [9.17, 15) is 0 Å². The van der Waals surface area contributed by atoms with E-state index >= 15 is 0 Å². The number of nitrogens with zero attached hydrogens (tertiary/aromatic N) is 2. The molecular weight excluding hydrogens is 723 g/mol. The number of hydrogen-bond acceptors (Lipinski definition) is 4. The van der Waals surface area contributed by atoms with Crippen molar-refractivity contribution in [3.05, 3.63) is 179 Å². The summed E-state index contributed by atoms with van der Waals surface area (Å²) in [6.45, 7) is 8.25. The Morgan fingerprint density at radius 3 is 1.66 bits per heavy atom. The van der Waals surface area contributed by atoms with Crippen LogP contribution < -0.4 is 31.8 Å². The molecule has 278 valence electrons. The lowest BCUT2D eigenvalue weighted by Gasteiger charge is -2.26. The zero-order valence-electron chi connectivity index (χ0n) is 32.1. The van der Waals surface area contributed by atoms with Gasteiger partial charge in [0.2, 0.25) is 11.8 Å². The van der Waals surface area contributed by atoms with Gasteiger partial charge in [0, 0.05) is 23.0 Å². The van der Waals surface area contributed by atoms with E-state index in [0.717, 1.165) is 36.0 Å². The van der Waals surface area contributed by atoms with Crippen LogP contribution in [0.5, 0.6) is 0 Å². The average molecular weight is 769 g/mol. The molecule has 2 heterocycles. The Kier molecular flexibility index (Phi) is 9.45. The van der Waals surface area contributed by atoms with Crippen molar-refractivity contribution in [2.24, 2.45) is 33.7 Å². The smallest absolute Gasteiger partial charge is 0.217 e. The lowest BCUT2D eigenvalue weighted by Crippen LogP contribution is -2.30. The first-order chi connectivity index (χ1) is 27.5. The summed E-state index contributed by atoms with van der Waals surface area (Å²) in [7, 11) is -1.64. The predicted molar refractivity (Wildman–Crippen MR) is 236 cm³/mol. The second kappa shape index (κ2) is 14.9. The molecule has 2 aliphatic carbocycles. The monoisotopic (exact) mass is 768 g/mol. The van der Waals surface area contributed by atoms with Gasteiger partial charge >= 0.3 is 0 Å². The van der Waals surface area contributed by atoms with Crippen molar-refractivity contribution < 1.29 is 9.47 Å². The Balaban J connectivity index is 0.991. The van der Waals surface area contributed by atoms with Crippen molar-refractivity contribution in [2.45, 2.75) is 39.3 Å². The standard InChI is InChI=1S/C50H46N2O2P2/c1-32-16-10-13-23-43(32)56(44-24-14-11-17-33(44)2)46-27-26-35(29-40(46)50-51-47-34(3)41(47)30-53-50)28-39-42-31-54-49(52-48(39)42)38-22-12-15-25-45(38)55(36-18-6-4-7-19-36)37-20-8-5-9-21-37/h4-27,29,34,39,41-42,47-48H,28,30-31H2,1-3H3/t34-,39-,41?,42?,47?,48?/m0/s1. The quantitative estimate of drug-likeness (QED) is 0.133. The highest BCUT2D eigenvalue weighted by molar-refractivity contribution is 7.80. The second-order valence-corrected chi connectivity index (χ2v) is 20.1. The minimum absolute atomic E-state index is 0.252. The summed E-state index contributed by atoms with van der Waals surface area (Å²) in [5.41, 5.74) is 6.22. The number of benzene rings is 6. The van der Waals surface area contributed by atoms with E-state index < -0.39 is 15.8 Å². The fraction of sp³-hybridized carbons (Fsp3) is 0.240. The van der Waals surface area contributed by atoms with Crippen LogP contribution in [-0.2, 0) is 15.9 Å². The zero-order valence-corrected chi connectivity index (χ0v) is 33.9. The van der Waals surface area contributed by atoms with Crippen LogP contribution in [0.4, 0.5) is 0 Å². The molecule has 6 atom stereocenters. The fourth-order valence-electron chi connectivity index (χ4n) is 8.88. The largest absolute Gasteiger partial charge is 0.477 e. The van der Waals surface area contributed by atoms with Crippen LogP contribution in [0.15, 0.2) is 162 Å². The number of rotatable bonds is 10. The Morgan fingerprint density at radius 2 is 1.04 bits per heavy atom. The van der Waals surface area contributed by atoms with E-state index in [0.29, 0.717) is 36.3 Å². The number of hydrogen-bond donors (Lipinski definition) is 0. The maximum Gasteiger partial charge on any atom is 0.217 e. The number of aliphatic imine (C=N–C) groups is 2. The van der Waals surface area contributed by atoms with E-state index in [1.807, 2.05) is 0 Å². The lowest BCUT2D eigenvalue weighted by atomic mass is 10.0. The molecule has 0 aromatic heterocycles. The van der Waals surface area contributed by atoms with Gasteiger partial charge in [-0.25, -0.2) is 9.98 Å². The maximum absolute atomic E-state index is 6.59. The third-order valence-corrected chi connectivity index (χ3v) is 17.6. The molecule has 0 bridgehead atoms. The van der Waals surface area contributed by atoms with Gasteiger partial charge in [-0.05, 0) is 109 Å². The molecule has 0 radical (unpaired) electrons. The molecule has 4 unspecified atom stereocenters. The minimum Gasteiger partial charge on any atom is -0.477 e. The number of aryl methyl sites for hydroxylation is 2. The molecule has 4 nitrogen and oxygen atoms in total. The van der Waals surface area contributed by atoms with Gasteiger partial charge in [-0.2, -0.15) is 0 Å². The number of ether oxygens (including phenoxy) is 2. The van der Waals surface area contributed by atoms with Gasteiger partial charge in [0.05, 0.1) is 25.3 Å². The summed E-state index contributed by atoms with van der Waals surface area (Å²) < 4.78 is 13.1. The second-order valence-electron chi connectivity index (χ2n) is 15.8. The van der Waals surface area contributed by atoms with E-state index in [1.54, 1.807) is 0 Å². The van der Waals surface area contributed by atoms with Gasteiger partial charge in [0.1, 0.15) is 0 Å². The molecule has 0 spiro atoms. The fourth-order valence-corrected chi connectivity index (χ4v) is 14.1. The molecule has 6 aromatic rings. The van der Waals surface area contributed by atoms with Gasteiger partial charge in [-0.1, -0.05) is 146 Å². The van der Waals surface area contributed by atoms with Gasteiger partial charge in [-0.15, -0.1) is 0 Å². The first kappa shape index (κ1) is 35.5. The minimum atomic E-state index is -0.851. The van der Waals surface area contributed by atoms with Gasteiger partial charge in [-0.3, -0.25) is 0 Å². The zero-order chi connectivity index (χ0) is 37.8. The predicted octanol–water partition coefficient (Wildman–Crippen LogP) is 7.87. The Hall–Kier alpha value is -4.88. The molecule has 6 heteroatoms. The van der Waals surface area contributed by atoms with Crippen molar-refractivity contribution in [1.82, 2.24) is 0 Å². The van der Waals surface area contributed by atoms with Crippen LogP contribution in [0.2, 0.25) is 0 Å². The first-order valence-electron chi connectivity index (χ1n) is 20.0. The van der Waals surface area contributed by atoms with Gasteiger partial charge in [0.15, 0.2) is 0 Å². The normalized spacial score (nSPS) is 23.3. The molecule has 0 amide bonds. The van der Waals surface area contributed by atoms with E-state index in [-0.39, 0.29) is 6.04 Å². The van der Waals surface area contributed by atoms with E-state index in [1.165, 1.54) is 48.5 Å². The van der Waals surface area contributed by atoms with Crippen molar-refractivity contribution in [3.8, 4) is 0 Å². The summed E-state index contributed by atoms with van der Waals surface area (Å²) in [4.78, 5) is 10.6. The summed E-state index contributed by atoms with van der Waals surface area (Å²) in [5.74, 6) is 3.59. The lowest BCUT2D eigenvalue weighted by molar-refractivity contribution is 0.266. The molecule has 0 saturated heterocycles. The van der Waals surface area contributed by atoms with Crippen molar-refractivity contribution in [3.63, 3.8) is 0 Å². The summed E-state index contributed by atoms with van der Waals surface area (Å²) >= 11 is 0.